The molecule has 1 unspecified atom stereocenters. The van der Waals surface area contributed by atoms with E-state index in [0.29, 0.717) is 13.1 Å². The van der Waals surface area contributed by atoms with Gasteiger partial charge in [0.1, 0.15) is 0 Å². The predicted octanol–water partition coefficient (Wildman–Crippen LogP) is 2.93. The van der Waals surface area contributed by atoms with Crippen LogP contribution in [0.3, 0.4) is 0 Å². The number of piperazine rings is 1. The Labute approximate surface area is 143 Å². The molecule has 0 bridgehead atoms. The van der Waals surface area contributed by atoms with Gasteiger partial charge in [-0.1, -0.05) is 36.4 Å². The van der Waals surface area contributed by atoms with E-state index in [1.165, 1.54) is 5.56 Å². The summed E-state index contributed by atoms with van der Waals surface area (Å²) in [6.45, 7) is 2.18. The van der Waals surface area contributed by atoms with Crippen molar-refractivity contribution in [3.63, 3.8) is 0 Å². The summed E-state index contributed by atoms with van der Waals surface area (Å²) in [6, 6.07) is 18.3. The van der Waals surface area contributed by atoms with Crippen molar-refractivity contribution in [1.82, 2.24) is 10.2 Å². The number of hydrogen-bond acceptors (Lipinski definition) is 3. The van der Waals surface area contributed by atoms with Crippen molar-refractivity contribution in [3.8, 4) is 0 Å². The average molecular weight is 324 g/mol. The third kappa shape index (κ3) is 3.86. The van der Waals surface area contributed by atoms with Crippen LogP contribution >= 0.6 is 0 Å². The van der Waals surface area contributed by atoms with E-state index in [2.05, 4.69) is 22.8 Å². The number of urea groups is 1. The third-order valence-corrected chi connectivity index (χ3v) is 4.28. The summed E-state index contributed by atoms with van der Waals surface area (Å²) < 4.78 is 0. The van der Waals surface area contributed by atoms with Crippen molar-refractivity contribution in [1.29, 1.82) is 0 Å². The number of nitrogens with zero attached hydrogens (tertiary/aromatic N) is 2. The van der Waals surface area contributed by atoms with Crippen LogP contribution in [0.4, 0.5) is 16.2 Å². The van der Waals surface area contributed by atoms with Gasteiger partial charge in [-0.05, 0) is 23.8 Å². The minimum Gasteiger partial charge on any atom is -0.378 e. The maximum absolute atomic E-state index is 12.6. The number of benzene rings is 2. The van der Waals surface area contributed by atoms with Crippen molar-refractivity contribution in [3.05, 3.63) is 60.2 Å². The van der Waals surface area contributed by atoms with E-state index in [4.69, 9.17) is 0 Å². The number of hydrogen-bond donors (Lipinski definition) is 2. The molecule has 1 fully saturated rings. The fourth-order valence-corrected chi connectivity index (χ4v) is 2.91. The van der Waals surface area contributed by atoms with Gasteiger partial charge in [0, 0.05) is 45.1 Å². The Morgan fingerprint density at radius 1 is 1.17 bits per heavy atom. The standard InChI is InChI=1S/C19H24N4O/c1-22(2)17-10-6-9-16(13-17)21-19(24)23-12-11-20-18(14-23)15-7-4-3-5-8-15/h3-10,13,18,20H,11-12,14H2,1-2H3,(H,21,24). The summed E-state index contributed by atoms with van der Waals surface area (Å²) in [4.78, 5) is 16.5. The van der Waals surface area contributed by atoms with Gasteiger partial charge in [-0.25, -0.2) is 4.79 Å². The van der Waals surface area contributed by atoms with Crippen LogP contribution in [0.25, 0.3) is 0 Å². The Morgan fingerprint density at radius 2 is 1.96 bits per heavy atom. The first-order valence-electron chi connectivity index (χ1n) is 8.25. The Kier molecular flexibility index (Phi) is 5.01. The molecule has 2 amide bonds. The molecule has 24 heavy (non-hydrogen) atoms. The van der Waals surface area contributed by atoms with Crippen molar-refractivity contribution in [2.75, 3.05) is 43.9 Å². The van der Waals surface area contributed by atoms with E-state index < -0.39 is 0 Å². The minimum atomic E-state index is -0.0478. The highest BCUT2D eigenvalue weighted by Crippen LogP contribution is 2.20. The zero-order valence-electron chi connectivity index (χ0n) is 14.2. The topological polar surface area (TPSA) is 47.6 Å². The second kappa shape index (κ2) is 7.36. The van der Waals surface area contributed by atoms with Crippen LogP contribution in [0, 0.1) is 0 Å². The first-order chi connectivity index (χ1) is 11.6. The largest absolute Gasteiger partial charge is 0.378 e. The smallest absolute Gasteiger partial charge is 0.321 e. The van der Waals surface area contributed by atoms with Crippen LogP contribution in [0.2, 0.25) is 0 Å². The molecule has 1 atom stereocenters. The molecule has 1 aliphatic rings. The Balaban J connectivity index is 1.65. The summed E-state index contributed by atoms with van der Waals surface area (Å²) in [6.07, 6.45) is 0. The highest BCUT2D eigenvalue weighted by molar-refractivity contribution is 5.90. The zero-order chi connectivity index (χ0) is 16.9. The molecule has 0 spiro atoms. The van der Waals surface area contributed by atoms with E-state index in [1.807, 2.05) is 66.4 Å². The van der Waals surface area contributed by atoms with Gasteiger partial charge in [-0.15, -0.1) is 0 Å². The lowest BCUT2D eigenvalue weighted by atomic mass is 10.0. The summed E-state index contributed by atoms with van der Waals surface area (Å²) in [7, 11) is 3.98. The molecule has 5 nitrogen and oxygen atoms in total. The first kappa shape index (κ1) is 16.3. The number of carbonyl (C=O) groups is 1. The maximum atomic E-state index is 12.6. The van der Waals surface area contributed by atoms with Crippen LogP contribution in [-0.2, 0) is 0 Å². The molecule has 2 N–H and O–H groups in total. The fourth-order valence-electron chi connectivity index (χ4n) is 2.91. The molecule has 1 saturated heterocycles. The molecule has 0 aromatic heterocycles. The quantitative estimate of drug-likeness (QED) is 0.912. The summed E-state index contributed by atoms with van der Waals surface area (Å²) >= 11 is 0. The summed E-state index contributed by atoms with van der Waals surface area (Å²) in [5.74, 6) is 0. The van der Waals surface area contributed by atoms with Crippen LogP contribution in [0.5, 0.6) is 0 Å². The van der Waals surface area contributed by atoms with Crippen LogP contribution in [0.15, 0.2) is 54.6 Å². The molecule has 5 heteroatoms. The van der Waals surface area contributed by atoms with E-state index in [9.17, 15) is 4.79 Å². The highest BCUT2D eigenvalue weighted by Gasteiger charge is 2.24. The lowest BCUT2D eigenvalue weighted by Gasteiger charge is -2.34. The van der Waals surface area contributed by atoms with Crippen LogP contribution < -0.4 is 15.5 Å². The predicted molar refractivity (Wildman–Crippen MR) is 98.5 cm³/mol. The van der Waals surface area contributed by atoms with E-state index in [0.717, 1.165) is 17.9 Å². The Hall–Kier alpha value is -2.53. The molecule has 0 saturated carbocycles. The van der Waals surface area contributed by atoms with Gasteiger partial charge in [-0.2, -0.15) is 0 Å². The maximum Gasteiger partial charge on any atom is 0.321 e. The lowest BCUT2D eigenvalue weighted by molar-refractivity contribution is 0.190. The fraction of sp³-hybridized carbons (Fsp3) is 0.316. The Morgan fingerprint density at radius 3 is 2.71 bits per heavy atom. The van der Waals surface area contributed by atoms with Crippen LogP contribution in [-0.4, -0.2) is 44.7 Å². The monoisotopic (exact) mass is 324 g/mol. The van der Waals surface area contributed by atoms with E-state index >= 15 is 0 Å². The zero-order valence-corrected chi connectivity index (χ0v) is 14.2. The highest BCUT2D eigenvalue weighted by atomic mass is 16.2. The van der Waals surface area contributed by atoms with Gasteiger partial charge >= 0.3 is 6.03 Å². The molecular weight excluding hydrogens is 300 g/mol. The molecule has 0 aliphatic carbocycles. The average Bonchev–Trinajstić information content (AvgIpc) is 2.63. The molecule has 126 valence electrons. The number of amides is 2. The minimum absolute atomic E-state index is 0.0478. The van der Waals surface area contributed by atoms with Gasteiger partial charge < -0.3 is 20.4 Å². The molecule has 2 aromatic rings. The van der Waals surface area contributed by atoms with Crippen molar-refractivity contribution < 1.29 is 4.79 Å². The van der Waals surface area contributed by atoms with Gasteiger partial charge in [-0.3, -0.25) is 0 Å². The Bertz CT molecular complexity index is 687. The SMILES string of the molecule is CN(C)c1cccc(NC(=O)N2CCNC(c3ccccc3)C2)c1. The number of carbonyl (C=O) groups excluding carboxylic acids is 1. The molecular formula is C19H24N4O. The third-order valence-electron chi connectivity index (χ3n) is 4.28. The summed E-state index contributed by atoms with van der Waals surface area (Å²) in [5.41, 5.74) is 3.10. The summed E-state index contributed by atoms with van der Waals surface area (Å²) in [5, 5.41) is 6.49. The number of rotatable bonds is 3. The normalized spacial score (nSPS) is 17.4. The van der Waals surface area contributed by atoms with Gasteiger partial charge in [0.2, 0.25) is 0 Å². The van der Waals surface area contributed by atoms with Crippen molar-refractivity contribution in [2.45, 2.75) is 6.04 Å². The molecule has 2 aromatic carbocycles. The molecule has 1 heterocycles. The van der Waals surface area contributed by atoms with Gasteiger partial charge in [0.15, 0.2) is 0 Å². The number of anilines is 2. The van der Waals surface area contributed by atoms with Gasteiger partial charge in [0.25, 0.3) is 0 Å². The van der Waals surface area contributed by atoms with E-state index in [1.54, 1.807) is 0 Å². The molecule has 3 rings (SSSR count). The van der Waals surface area contributed by atoms with E-state index in [-0.39, 0.29) is 12.1 Å². The lowest BCUT2D eigenvalue weighted by Crippen LogP contribution is -2.49. The van der Waals surface area contributed by atoms with Gasteiger partial charge in [0.05, 0.1) is 6.04 Å². The van der Waals surface area contributed by atoms with Crippen LogP contribution in [0.1, 0.15) is 11.6 Å². The second-order valence-corrected chi connectivity index (χ2v) is 6.24. The number of nitrogens with one attached hydrogen (secondary N) is 2. The van der Waals surface area contributed by atoms with Crippen molar-refractivity contribution >= 4 is 17.4 Å². The molecule has 1 aliphatic heterocycles. The van der Waals surface area contributed by atoms with Crippen molar-refractivity contribution in [2.24, 2.45) is 0 Å². The first-order valence-corrected chi connectivity index (χ1v) is 8.25. The molecule has 0 radical (unpaired) electrons. The second-order valence-electron chi connectivity index (χ2n) is 6.24.